The summed E-state index contributed by atoms with van der Waals surface area (Å²) in [6.07, 6.45) is 11.1. The summed E-state index contributed by atoms with van der Waals surface area (Å²) >= 11 is 0. The minimum atomic E-state index is 0.201. The number of benzene rings is 1. The van der Waals surface area contributed by atoms with Crippen LogP contribution in [0.5, 0.6) is 5.75 Å². The zero-order valence-electron chi connectivity index (χ0n) is 19.3. The third-order valence-electron chi connectivity index (χ3n) is 10.8. The highest BCUT2D eigenvalue weighted by molar-refractivity contribution is 5.56. The van der Waals surface area contributed by atoms with Crippen LogP contribution in [0.25, 0.3) is 0 Å². The van der Waals surface area contributed by atoms with Gasteiger partial charge in [-0.25, -0.2) is 4.98 Å². The number of hydrogen-bond donors (Lipinski definition) is 2. The van der Waals surface area contributed by atoms with Crippen LogP contribution in [0.3, 0.4) is 0 Å². The fraction of sp³-hybridized carbons (Fsp3) is 0.607. The number of phenols is 1. The molecular formula is C28H34N4O. The summed E-state index contributed by atoms with van der Waals surface area (Å²) in [6, 6.07) is 11.5. The van der Waals surface area contributed by atoms with Crippen molar-refractivity contribution < 1.29 is 5.11 Å². The van der Waals surface area contributed by atoms with Gasteiger partial charge >= 0.3 is 0 Å². The van der Waals surface area contributed by atoms with E-state index in [0.29, 0.717) is 35.1 Å². The standard InChI is InChI=1S/C28H34N4O/c29-20-6-9-30-25(12-20)32-16-19-14-27-7-5-23(32)26(19)28(27)8-10-31(15-17-1-2-17)24(27)11-18-3-4-21(33)13-22(18)28/h3-4,6,9,12-13,17,19,23-24,26,33H,1-2,5,7-8,10-11,14-16H2,(H2,29,30)/t19-,23?,24?,26?,27?,28?/m1/s1. The highest BCUT2D eigenvalue weighted by Crippen LogP contribution is 2.75. The number of rotatable bonds is 3. The van der Waals surface area contributed by atoms with Crippen molar-refractivity contribution in [3.8, 4) is 5.75 Å². The number of hydrogen-bond acceptors (Lipinski definition) is 5. The molecular weight excluding hydrogens is 408 g/mol. The summed E-state index contributed by atoms with van der Waals surface area (Å²) in [6.45, 7) is 3.65. The van der Waals surface area contributed by atoms with E-state index < -0.39 is 0 Å². The van der Waals surface area contributed by atoms with Crippen LogP contribution in [0.1, 0.15) is 49.7 Å². The second-order valence-electron chi connectivity index (χ2n) is 12.1. The monoisotopic (exact) mass is 442 g/mol. The zero-order chi connectivity index (χ0) is 21.9. The van der Waals surface area contributed by atoms with Gasteiger partial charge in [-0.15, -0.1) is 0 Å². The summed E-state index contributed by atoms with van der Waals surface area (Å²) in [5.41, 5.74) is 10.6. The maximum Gasteiger partial charge on any atom is 0.130 e. The Morgan fingerprint density at radius 1 is 1.12 bits per heavy atom. The van der Waals surface area contributed by atoms with Gasteiger partial charge in [-0.2, -0.15) is 0 Å². The van der Waals surface area contributed by atoms with Crippen molar-refractivity contribution in [3.63, 3.8) is 0 Å². The number of nitrogens with zero attached hydrogens (tertiary/aromatic N) is 3. The first kappa shape index (κ1) is 19.1. The van der Waals surface area contributed by atoms with E-state index in [1.807, 2.05) is 18.3 Å². The van der Waals surface area contributed by atoms with Crippen LogP contribution >= 0.6 is 0 Å². The molecule has 2 aromatic rings. The van der Waals surface area contributed by atoms with Gasteiger partial charge in [-0.1, -0.05) is 6.07 Å². The van der Waals surface area contributed by atoms with Crippen LogP contribution in [0, 0.1) is 23.2 Å². The van der Waals surface area contributed by atoms with Crippen LogP contribution < -0.4 is 10.6 Å². The Morgan fingerprint density at radius 2 is 2.03 bits per heavy atom. The third-order valence-corrected chi connectivity index (χ3v) is 10.8. The average molecular weight is 443 g/mol. The lowest BCUT2D eigenvalue weighted by molar-refractivity contribution is -0.0921. The molecule has 3 heterocycles. The fourth-order valence-electron chi connectivity index (χ4n) is 9.80. The highest BCUT2D eigenvalue weighted by Gasteiger charge is 2.76. The van der Waals surface area contributed by atoms with Crippen LogP contribution in [-0.2, 0) is 11.8 Å². The Hall–Kier alpha value is -2.27. The van der Waals surface area contributed by atoms with Crippen molar-refractivity contribution in [2.45, 2.75) is 62.4 Å². The van der Waals surface area contributed by atoms with E-state index in [2.05, 4.69) is 28.0 Å². The van der Waals surface area contributed by atoms with E-state index >= 15 is 0 Å². The first-order valence-electron chi connectivity index (χ1n) is 13.1. The molecule has 1 aromatic carbocycles. The molecule has 4 aliphatic carbocycles. The summed E-state index contributed by atoms with van der Waals surface area (Å²) in [5.74, 6) is 3.81. The lowest BCUT2D eigenvalue weighted by atomic mass is 9.43. The SMILES string of the molecule is Nc1ccnc(N2C[C@H]3CC45CCC2C3C42CCN(CC3CC3)C5Cc3ccc(O)cc32)c1. The smallest absolute Gasteiger partial charge is 0.130 e. The normalized spacial score (nSPS) is 40.5. The molecule has 0 spiro atoms. The minimum Gasteiger partial charge on any atom is -0.508 e. The molecule has 5 fully saturated rings. The Morgan fingerprint density at radius 3 is 2.88 bits per heavy atom. The fourth-order valence-corrected chi connectivity index (χ4v) is 9.80. The van der Waals surface area contributed by atoms with Crippen LogP contribution in [0.2, 0.25) is 0 Å². The third kappa shape index (κ3) is 2.30. The molecule has 33 heavy (non-hydrogen) atoms. The second kappa shape index (κ2) is 6.24. The van der Waals surface area contributed by atoms with Crippen molar-refractivity contribution in [1.82, 2.24) is 9.88 Å². The molecule has 5 unspecified atom stereocenters. The van der Waals surface area contributed by atoms with E-state index in [4.69, 9.17) is 10.7 Å². The van der Waals surface area contributed by atoms with Crippen molar-refractivity contribution in [2.75, 3.05) is 30.3 Å². The molecule has 3 saturated carbocycles. The van der Waals surface area contributed by atoms with Gasteiger partial charge in [-0.05, 0) is 104 Å². The Labute approximate surface area is 196 Å². The summed E-state index contributed by atoms with van der Waals surface area (Å²) in [4.78, 5) is 10.3. The minimum absolute atomic E-state index is 0.201. The molecule has 5 heteroatoms. The number of phenolic OH excluding ortho intramolecular Hbond substituents is 1. The number of fused-ring (bicyclic) bond motifs is 1. The number of nitrogen functional groups attached to an aromatic ring is 1. The van der Waals surface area contributed by atoms with Crippen LogP contribution in [0.4, 0.5) is 11.5 Å². The largest absolute Gasteiger partial charge is 0.508 e. The topological polar surface area (TPSA) is 65.6 Å². The van der Waals surface area contributed by atoms with Gasteiger partial charge in [0, 0.05) is 48.5 Å². The maximum absolute atomic E-state index is 10.6. The van der Waals surface area contributed by atoms with Gasteiger partial charge < -0.3 is 15.7 Å². The molecule has 5 nitrogen and oxygen atoms in total. The molecule has 1 aromatic heterocycles. The molecule has 172 valence electrons. The Kier molecular flexibility index (Phi) is 3.61. The molecule has 2 aliphatic heterocycles. The Balaban J connectivity index is 1.28. The average Bonchev–Trinajstić information content (AvgIpc) is 3.49. The van der Waals surface area contributed by atoms with Crippen LogP contribution in [-0.4, -0.2) is 46.7 Å². The number of nitrogens with two attached hydrogens (primary N) is 1. The Bertz CT molecular complexity index is 1150. The van der Waals surface area contributed by atoms with Gasteiger partial charge in [0.15, 0.2) is 0 Å². The van der Waals surface area contributed by atoms with E-state index in [-0.39, 0.29) is 5.41 Å². The molecule has 0 amide bonds. The van der Waals surface area contributed by atoms with Gasteiger partial charge in [0.25, 0.3) is 0 Å². The molecule has 6 atom stereocenters. The van der Waals surface area contributed by atoms with E-state index in [1.54, 1.807) is 0 Å². The van der Waals surface area contributed by atoms with Gasteiger partial charge in [0.2, 0.25) is 0 Å². The molecule has 0 radical (unpaired) electrons. The molecule has 4 bridgehead atoms. The number of anilines is 2. The molecule has 2 saturated heterocycles. The van der Waals surface area contributed by atoms with Gasteiger partial charge in [0.1, 0.15) is 11.6 Å². The number of pyridine rings is 1. The number of aromatic nitrogens is 1. The van der Waals surface area contributed by atoms with Crippen LogP contribution in [0.15, 0.2) is 36.5 Å². The number of piperidine rings is 1. The van der Waals surface area contributed by atoms with E-state index in [1.165, 1.54) is 69.2 Å². The summed E-state index contributed by atoms with van der Waals surface area (Å²) in [5, 5.41) is 10.6. The second-order valence-corrected chi connectivity index (χ2v) is 12.1. The lowest BCUT2D eigenvalue weighted by Gasteiger charge is -2.66. The summed E-state index contributed by atoms with van der Waals surface area (Å²) in [7, 11) is 0. The first-order valence-corrected chi connectivity index (χ1v) is 13.1. The molecule has 6 aliphatic rings. The predicted octanol–water partition coefficient (Wildman–Crippen LogP) is 3.95. The number of aromatic hydroxyl groups is 1. The zero-order valence-corrected chi connectivity index (χ0v) is 19.3. The lowest BCUT2D eigenvalue weighted by Crippen LogP contribution is -2.69. The van der Waals surface area contributed by atoms with Gasteiger partial charge in [-0.3, -0.25) is 4.90 Å². The van der Waals surface area contributed by atoms with E-state index in [9.17, 15) is 5.11 Å². The van der Waals surface area contributed by atoms with Crippen molar-refractivity contribution in [3.05, 3.63) is 47.7 Å². The quantitative estimate of drug-likeness (QED) is 0.754. The van der Waals surface area contributed by atoms with Crippen molar-refractivity contribution >= 4 is 11.5 Å². The van der Waals surface area contributed by atoms with Crippen molar-refractivity contribution in [2.24, 2.45) is 23.2 Å². The number of likely N-dealkylation sites (tertiary alicyclic amines) is 1. The van der Waals surface area contributed by atoms with E-state index in [0.717, 1.165) is 24.0 Å². The van der Waals surface area contributed by atoms with Gasteiger partial charge in [0.05, 0.1) is 0 Å². The molecule has 8 rings (SSSR count). The predicted molar refractivity (Wildman–Crippen MR) is 129 cm³/mol. The highest BCUT2D eigenvalue weighted by atomic mass is 16.3. The molecule has 3 N–H and O–H groups in total. The summed E-state index contributed by atoms with van der Waals surface area (Å²) < 4.78 is 0. The maximum atomic E-state index is 10.6. The first-order chi connectivity index (χ1) is 16.1. The van der Waals surface area contributed by atoms with Crippen molar-refractivity contribution in [1.29, 1.82) is 0 Å².